The van der Waals surface area contributed by atoms with E-state index in [1.54, 1.807) is 13.3 Å². The Hall–Kier alpha value is -2.75. The van der Waals surface area contributed by atoms with E-state index in [0.717, 1.165) is 28.0 Å². The van der Waals surface area contributed by atoms with Gasteiger partial charge in [-0.05, 0) is 30.3 Å². The van der Waals surface area contributed by atoms with E-state index in [9.17, 15) is 0 Å². The molecule has 0 fully saturated rings. The molecule has 0 atom stereocenters. The number of H-pyrrole nitrogens is 1. The second-order valence-corrected chi connectivity index (χ2v) is 5.16. The molecule has 0 radical (unpaired) electrons. The molecule has 4 nitrogen and oxygen atoms in total. The first kappa shape index (κ1) is 12.0. The van der Waals surface area contributed by atoms with Crippen LogP contribution in [0.3, 0.4) is 0 Å². The number of ether oxygens (including phenoxy) is 1. The maximum absolute atomic E-state index is 5.31. The standard InChI is InChI=1S/C17H15N3O/c1-20-10-14(13-6-5-12(21-2)9-16(13)20)15-8-11-4-3-7-18-17(11)19-15/h3-10H,1-2H3,(H,18,19). The van der Waals surface area contributed by atoms with Gasteiger partial charge in [0.05, 0.1) is 12.6 Å². The highest BCUT2D eigenvalue weighted by Crippen LogP contribution is 2.33. The predicted molar refractivity (Wildman–Crippen MR) is 84.6 cm³/mol. The van der Waals surface area contributed by atoms with Crippen LogP contribution in [0.5, 0.6) is 5.75 Å². The van der Waals surface area contributed by atoms with Gasteiger partial charge in [-0.15, -0.1) is 0 Å². The summed E-state index contributed by atoms with van der Waals surface area (Å²) in [6.07, 6.45) is 3.94. The normalized spacial score (nSPS) is 11.3. The van der Waals surface area contributed by atoms with Gasteiger partial charge in [-0.25, -0.2) is 4.98 Å². The van der Waals surface area contributed by atoms with Crippen LogP contribution >= 0.6 is 0 Å². The lowest BCUT2D eigenvalue weighted by Gasteiger charge is -2.01. The van der Waals surface area contributed by atoms with E-state index in [1.807, 2.05) is 19.2 Å². The lowest BCUT2D eigenvalue weighted by Crippen LogP contribution is -1.86. The first-order valence-corrected chi connectivity index (χ1v) is 6.83. The molecule has 4 aromatic rings. The van der Waals surface area contributed by atoms with Crippen molar-refractivity contribution in [3.8, 4) is 17.0 Å². The van der Waals surface area contributed by atoms with Gasteiger partial charge < -0.3 is 14.3 Å². The highest BCUT2D eigenvalue weighted by molar-refractivity contribution is 5.98. The Morgan fingerprint density at radius 3 is 2.90 bits per heavy atom. The molecule has 21 heavy (non-hydrogen) atoms. The molecule has 0 aliphatic rings. The number of nitrogens with zero attached hydrogens (tertiary/aromatic N) is 2. The summed E-state index contributed by atoms with van der Waals surface area (Å²) < 4.78 is 7.43. The van der Waals surface area contributed by atoms with Crippen molar-refractivity contribution in [1.29, 1.82) is 0 Å². The number of hydrogen-bond acceptors (Lipinski definition) is 2. The van der Waals surface area contributed by atoms with E-state index in [0.29, 0.717) is 0 Å². The number of aromatic nitrogens is 3. The SMILES string of the molecule is COc1ccc2c(-c3cc4cccnc4[nH]3)cn(C)c2c1. The third-order valence-corrected chi connectivity index (χ3v) is 3.88. The Morgan fingerprint density at radius 2 is 2.10 bits per heavy atom. The zero-order chi connectivity index (χ0) is 14.4. The monoisotopic (exact) mass is 277 g/mol. The number of nitrogens with one attached hydrogen (secondary N) is 1. The number of rotatable bonds is 2. The van der Waals surface area contributed by atoms with Crippen LogP contribution in [0.15, 0.2) is 48.8 Å². The molecule has 3 heterocycles. The maximum atomic E-state index is 5.31. The quantitative estimate of drug-likeness (QED) is 0.606. The van der Waals surface area contributed by atoms with Gasteiger partial charge >= 0.3 is 0 Å². The van der Waals surface area contributed by atoms with Crippen LogP contribution in [-0.2, 0) is 7.05 Å². The van der Waals surface area contributed by atoms with Crippen molar-refractivity contribution >= 4 is 21.9 Å². The van der Waals surface area contributed by atoms with E-state index < -0.39 is 0 Å². The average Bonchev–Trinajstić information content (AvgIpc) is 3.08. The highest BCUT2D eigenvalue weighted by Gasteiger charge is 2.12. The lowest BCUT2D eigenvalue weighted by atomic mass is 10.1. The Morgan fingerprint density at radius 1 is 1.19 bits per heavy atom. The third kappa shape index (κ3) is 1.80. The molecule has 0 amide bonds. The summed E-state index contributed by atoms with van der Waals surface area (Å²) in [5.74, 6) is 0.869. The summed E-state index contributed by atoms with van der Waals surface area (Å²) >= 11 is 0. The van der Waals surface area contributed by atoms with Gasteiger partial charge in [0.2, 0.25) is 0 Å². The fourth-order valence-corrected chi connectivity index (χ4v) is 2.81. The van der Waals surface area contributed by atoms with E-state index in [1.165, 1.54) is 10.9 Å². The molecule has 0 bridgehead atoms. The van der Waals surface area contributed by atoms with Gasteiger partial charge in [0.15, 0.2) is 0 Å². The van der Waals surface area contributed by atoms with Crippen molar-refractivity contribution < 1.29 is 4.74 Å². The first-order valence-electron chi connectivity index (χ1n) is 6.83. The number of methoxy groups -OCH3 is 1. The first-order chi connectivity index (χ1) is 10.3. The zero-order valence-corrected chi connectivity index (χ0v) is 11.9. The fourth-order valence-electron chi connectivity index (χ4n) is 2.81. The van der Waals surface area contributed by atoms with Crippen molar-refractivity contribution in [2.45, 2.75) is 0 Å². The van der Waals surface area contributed by atoms with Crippen molar-refractivity contribution in [1.82, 2.24) is 14.5 Å². The molecule has 1 aromatic carbocycles. The summed E-state index contributed by atoms with van der Waals surface area (Å²) in [6, 6.07) is 12.3. The van der Waals surface area contributed by atoms with Crippen LogP contribution in [-0.4, -0.2) is 21.6 Å². The Balaban J connectivity index is 1.97. The maximum Gasteiger partial charge on any atom is 0.137 e. The summed E-state index contributed by atoms with van der Waals surface area (Å²) in [5.41, 5.74) is 4.32. The molecule has 0 spiro atoms. The number of pyridine rings is 1. The van der Waals surface area contributed by atoms with E-state index >= 15 is 0 Å². The zero-order valence-electron chi connectivity index (χ0n) is 11.9. The smallest absolute Gasteiger partial charge is 0.137 e. The molecular formula is C17H15N3O. The molecule has 4 rings (SSSR count). The summed E-state index contributed by atoms with van der Waals surface area (Å²) in [6.45, 7) is 0. The van der Waals surface area contributed by atoms with Crippen LogP contribution in [0.4, 0.5) is 0 Å². The van der Waals surface area contributed by atoms with Crippen LogP contribution in [0.1, 0.15) is 0 Å². The molecule has 0 unspecified atom stereocenters. The van der Waals surface area contributed by atoms with Crippen LogP contribution in [0.2, 0.25) is 0 Å². The number of aryl methyl sites for hydroxylation is 1. The fraction of sp³-hybridized carbons (Fsp3) is 0.118. The minimum Gasteiger partial charge on any atom is -0.497 e. The molecule has 0 aliphatic heterocycles. The van der Waals surface area contributed by atoms with Gasteiger partial charge in [-0.1, -0.05) is 0 Å². The van der Waals surface area contributed by atoms with Gasteiger partial charge in [0, 0.05) is 47.5 Å². The molecule has 0 aliphatic carbocycles. The highest BCUT2D eigenvalue weighted by atomic mass is 16.5. The largest absolute Gasteiger partial charge is 0.497 e. The van der Waals surface area contributed by atoms with E-state index in [2.05, 4.69) is 45.0 Å². The minimum absolute atomic E-state index is 0.869. The van der Waals surface area contributed by atoms with Gasteiger partial charge in [0.1, 0.15) is 11.4 Å². The molecule has 1 N–H and O–H groups in total. The molecule has 104 valence electrons. The lowest BCUT2D eigenvalue weighted by molar-refractivity contribution is 0.415. The summed E-state index contributed by atoms with van der Waals surface area (Å²) in [5, 5.41) is 2.32. The molecule has 0 saturated heterocycles. The topological polar surface area (TPSA) is 42.8 Å². The van der Waals surface area contributed by atoms with Gasteiger partial charge in [-0.3, -0.25) is 0 Å². The predicted octanol–water partition coefficient (Wildman–Crippen LogP) is 3.73. The van der Waals surface area contributed by atoms with Crippen LogP contribution in [0, 0.1) is 0 Å². The number of fused-ring (bicyclic) bond motifs is 2. The van der Waals surface area contributed by atoms with Crippen molar-refractivity contribution in [2.75, 3.05) is 7.11 Å². The van der Waals surface area contributed by atoms with Crippen molar-refractivity contribution in [2.24, 2.45) is 7.05 Å². The van der Waals surface area contributed by atoms with Crippen LogP contribution < -0.4 is 4.74 Å². The Kier molecular flexibility index (Phi) is 2.51. The second kappa shape index (κ2) is 4.38. The van der Waals surface area contributed by atoms with Crippen LogP contribution in [0.25, 0.3) is 33.2 Å². The number of aromatic amines is 1. The summed E-state index contributed by atoms with van der Waals surface area (Å²) in [7, 11) is 3.74. The molecule has 4 heteroatoms. The Bertz CT molecular complexity index is 916. The number of benzene rings is 1. The Labute approximate surface area is 122 Å². The van der Waals surface area contributed by atoms with Crippen molar-refractivity contribution in [3.05, 3.63) is 48.8 Å². The average molecular weight is 277 g/mol. The molecule has 0 saturated carbocycles. The van der Waals surface area contributed by atoms with Gasteiger partial charge in [0.25, 0.3) is 0 Å². The van der Waals surface area contributed by atoms with Gasteiger partial charge in [-0.2, -0.15) is 0 Å². The second-order valence-electron chi connectivity index (χ2n) is 5.16. The van der Waals surface area contributed by atoms with E-state index in [4.69, 9.17) is 4.74 Å². The third-order valence-electron chi connectivity index (χ3n) is 3.88. The molecular weight excluding hydrogens is 262 g/mol. The van der Waals surface area contributed by atoms with E-state index in [-0.39, 0.29) is 0 Å². The molecule has 3 aromatic heterocycles. The summed E-state index contributed by atoms with van der Waals surface area (Å²) in [4.78, 5) is 7.75. The van der Waals surface area contributed by atoms with Crippen molar-refractivity contribution in [3.63, 3.8) is 0 Å². The number of hydrogen-bond donors (Lipinski definition) is 1. The minimum atomic E-state index is 0.869.